The molecule has 1 rings (SSSR count). The quantitative estimate of drug-likeness (QED) is 0.228. The first-order valence-electron chi connectivity index (χ1n) is 9.86. The van der Waals surface area contributed by atoms with Gasteiger partial charge in [-0.05, 0) is 32.3 Å². The Hall–Kier alpha value is -2.71. The minimum atomic E-state index is -4.23. The van der Waals surface area contributed by atoms with Crippen molar-refractivity contribution in [2.75, 3.05) is 12.4 Å². The molecule has 31 heavy (non-hydrogen) atoms. The van der Waals surface area contributed by atoms with Gasteiger partial charge in [0.15, 0.2) is 0 Å². The first-order chi connectivity index (χ1) is 14.4. The molecule has 0 saturated carbocycles. The van der Waals surface area contributed by atoms with E-state index in [-0.39, 0.29) is 18.0 Å². The number of hydrogen-bond donors (Lipinski definition) is 2. The third-order valence-electron chi connectivity index (χ3n) is 3.89. The van der Waals surface area contributed by atoms with Crippen LogP contribution < -0.4 is 5.32 Å². The highest BCUT2D eigenvalue weighted by atomic mass is 32.2. The molecule has 0 radical (unpaired) electrons. The normalized spacial score (nSPS) is 12.8. The molecule has 1 aromatic rings. The van der Waals surface area contributed by atoms with Crippen LogP contribution in [-0.2, 0) is 24.4 Å². The van der Waals surface area contributed by atoms with Crippen molar-refractivity contribution in [1.82, 2.24) is 5.32 Å². The maximum atomic E-state index is 11.8. The van der Waals surface area contributed by atoms with Crippen LogP contribution in [-0.4, -0.2) is 42.7 Å². The van der Waals surface area contributed by atoms with Gasteiger partial charge >= 0.3 is 5.97 Å². The van der Waals surface area contributed by atoms with Crippen LogP contribution in [0.15, 0.2) is 61.2 Å². The molecule has 172 valence electrons. The Bertz CT molecular complexity index is 861. The molecule has 8 heteroatoms. The molecular formula is C23H33NO6S. The lowest BCUT2D eigenvalue weighted by atomic mass is 9.99. The molecule has 0 fully saturated rings. The van der Waals surface area contributed by atoms with Gasteiger partial charge in [-0.25, -0.2) is 4.79 Å². The smallest absolute Gasteiger partial charge is 0.330 e. The molecule has 0 heterocycles. The van der Waals surface area contributed by atoms with Crippen LogP contribution in [0.25, 0.3) is 6.08 Å². The summed E-state index contributed by atoms with van der Waals surface area (Å²) < 4.78 is 36.1. The van der Waals surface area contributed by atoms with E-state index in [1.807, 2.05) is 43.3 Å². The van der Waals surface area contributed by atoms with E-state index in [1.165, 1.54) is 13.0 Å². The summed E-state index contributed by atoms with van der Waals surface area (Å²) in [6, 6.07) is 9.48. The standard InChI is InChI=1S/C16H21NO4S.C7H12O2/c1-13(2)15(18)17-16(3,12-22(19,20)21)11-7-10-14-8-5-4-6-9-14;1-3-5-6-9-7(8)4-2/h4-10H,1,11-12H2,2-3H3,(H,17,18)(H,19,20,21);4H,2-3,5-6H2,1H3. The summed E-state index contributed by atoms with van der Waals surface area (Å²) in [4.78, 5) is 22.1. The number of unbranched alkanes of at least 4 members (excludes halogenated alkanes) is 1. The van der Waals surface area contributed by atoms with Gasteiger partial charge in [0.05, 0.1) is 17.9 Å². The van der Waals surface area contributed by atoms with E-state index in [0.717, 1.165) is 18.4 Å². The van der Waals surface area contributed by atoms with Gasteiger partial charge in [-0.2, -0.15) is 8.42 Å². The maximum absolute atomic E-state index is 11.8. The Morgan fingerprint density at radius 1 is 1.26 bits per heavy atom. The molecule has 1 aromatic carbocycles. The van der Waals surface area contributed by atoms with Crippen molar-refractivity contribution < 1.29 is 27.3 Å². The lowest BCUT2D eigenvalue weighted by molar-refractivity contribution is -0.137. The van der Waals surface area contributed by atoms with Crippen molar-refractivity contribution in [2.24, 2.45) is 0 Å². The van der Waals surface area contributed by atoms with Gasteiger partial charge in [-0.3, -0.25) is 9.35 Å². The molecule has 1 amide bonds. The highest BCUT2D eigenvalue weighted by Gasteiger charge is 2.30. The second-order valence-electron chi connectivity index (χ2n) is 7.26. The zero-order valence-electron chi connectivity index (χ0n) is 18.5. The molecule has 1 unspecified atom stereocenters. The number of hydrogen-bond acceptors (Lipinski definition) is 5. The van der Waals surface area contributed by atoms with E-state index in [2.05, 4.69) is 23.2 Å². The number of ether oxygens (including phenoxy) is 1. The van der Waals surface area contributed by atoms with E-state index >= 15 is 0 Å². The van der Waals surface area contributed by atoms with Crippen molar-refractivity contribution in [3.05, 3.63) is 66.8 Å². The van der Waals surface area contributed by atoms with Crippen molar-refractivity contribution >= 4 is 28.1 Å². The minimum Gasteiger partial charge on any atom is -0.463 e. The Labute approximate surface area is 185 Å². The molecule has 0 aliphatic carbocycles. The summed E-state index contributed by atoms with van der Waals surface area (Å²) in [6.07, 6.45) is 6.99. The summed E-state index contributed by atoms with van der Waals surface area (Å²) in [7, 11) is -4.23. The van der Waals surface area contributed by atoms with E-state index in [4.69, 9.17) is 4.55 Å². The largest absolute Gasteiger partial charge is 0.463 e. The number of nitrogens with one attached hydrogen (secondary N) is 1. The fraction of sp³-hybridized carbons (Fsp3) is 0.391. The van der Waals surface area contributed by atoms with Gasteiger partial charge in [0.1, 0.15) is 0 Å². The van der Waals surface area contributed by atoms with Gasteiger partial charge in [0.2, 0.25) is 5.91 Å². The zero-order chi connectivity index (χ0) is 23.9. The third-order valence-corrected chi connectivity index (χ3v) is 4.89. The number of carbonyl (C=O) groups is 2. The van der Waals surface area contributed by atoms with Gasteiger partial charge in [0.25, 0.3) is 10.1 Å². The zero-order valence-corrected chi connectivity index (χ0v) is 19.3. The number of rotatable bonds is 11. The number of amides is 1. The Kier molecular flexibility index (Phi) is 13.1. The molecule has 0 aliphatic heterocycles. The van der Waals surface area contributed by atoms with Crippen LogP contribution in [0.2, 0.25) is 0 Å². The fourth-order valence-electron chi connectivity index (χ4n) is 2.32. The average Bonchev–Trinajstić information content (AvgIpc) is 2.67. The molecule has 0 saturated heterocycles. The SMILES string of the molecule is C=C(C)C(=O)NC(C)(CC=Cc1ccccc1)CS(=O)(=O)O.C=CC(=O)OCCCC. The Morgan fingerprint density at radius 2 is 1.87 bits per heavy atom. The molecule has 7 nitrogen and oxygen atoms in total. The summed E-state index contributed by atoms with van der Waals surface area (Å²) >= 11 is 0. The van der Waals surface area contributed by atoms with Crippen LogP contribution in [0.5, 0.6) is 0 Å². The molecule has 0 bridgehead atoms. The summed E-state index contributed by atoms with van der Waals surface area (Å²) in [5, 5.41) is 2.61. The van der Waals surface area contributed by atoms with Gasteiger partial charge < -0.3 is 10.1 Å². The van der Waals surface area contributed by atoms with E-state index < -0.39 is 27.3 Å². The van der Waals surface area contributed by atoms with Crippen LogP contribution in [0, 0.1) is 0 Å². The van der Waals surface area contributed by atoms with Crippen molar-refractivity contribution in [2.45, 2.75) is 45.6 Å². The van der Waals surface area contributed by atoms with Crippen molar-refractivity contribution in [1.29, 1.82) is 0 Å². The van der Waals surface area contributed by atoms with Crippen LogP contribution in [0.3, 0.4) is 0 Å². The van der Waals surface area contributed by atoms with E-state index in [1.54, 1.807) is 13.0 Å². The molecule has 2 N–H and O–H groups in total. The van der Waals surface area contributed by atoms with Crippen LogP contribution in [0.1, 0.15) is 45.6 Å². The molecule has 0 aliphatic rings. The Morgan fingerprint density at radius 3 is 2.35 bits per heavy atom. The first-order valence-corrected chi connectivity index (χ1v) is 11.5. The molecular weight excluding hydrogens is 418 g/mol. The van der Waals surface area contributed by atoms with E-state index in [9.17, 15) is 18.0 Å². The summed E-state index contributed by atoms with van der Waals surface area (Å²) in [5.74, 6) is -1.35. The topological polar surface area (TPSA) is 110 Å². The summed E-state index contributed by atoms with van der Waals surface area (Å²) in [6.45, 7) is 12.4. The second kappa shape index (κ2) is 14.3. The third kappa shape index (κ3) is 14.8. The number of carbonyl (C=O) groups excluding carboxylic acids is 2. The average molecular weight is 452 g/mol. The number of esters is 1. The van der Waals surface area contributed by atoms with E-state index in [0.29, 0.717) is 6.61 Å². The summed E-state index contributed by atoms with van der Waals surface area (Å²) in [5.41, 5.74) is 0.117. The molecule has 0 aromatic heterocycles. The van der Waals surface area contributed by atoms with Crippen LogP contribution in [0.4, 0.5) is 0 Å². The van der Waals surface area contributed by atoms with Crippen LogP contribution >= 0.6 is 0 Å². The predicted octanol–water partition coefficient (Wildman–Crippen LogP) is 3.94. The Balaban J connectivity index is 0.000000842. The first kappa shape index (κ1) is 28.3. The molecule has 1 atom stereocenters. The second-order valence-corrected chi connectivity index (χ2v) is 8.72. The molecule has 0 spiro atoms. The fourth-order valence-corrected chi connectivity index (χ4v) is 3.32. The highest BCUT2D eigenvalue weighted by Crippen LogP contribution is 2.16. The maximum Gasteiger partial charge on any atom is 0.330 e. The monoisotopic (exact) mass is 451 g/mol. The predicted molar refractivity (Wildman–Crippen MR) is 124 cm³/mol. The minimum absolute atomic E-state index is 0.251. The lowest BCUT2D eigenvalue weighted by Crippen LogP contribution is -2.50. The van der Waals surface area contributed by atoms with Gasteiger partial charge in [-0.1, -0.05) is 69.0 Å². The van der Waals surface area contributed by atoms with Crippen molar-refractivity contribution in [3.63, 3.8) is 0 Å². The lowest BCUT2D eigenvalue weighted by Gasteiger charge is -2.28. The van der Waals surface area contributed by atoms with Gasteiger partial charge in [-0.15, -0.1) is 0 Å². The van der Waals surface area contributed by atoms with Gasteiger partial charge in [0, 0.05) is 11.6 Å². The van der Waals surface area contributed by atoms with Crippen molar-refractivity contribution in [3.8, 4) is 0 Å². The highest BCUT2D eigenvalue weighted by molar-refractivity contribution is 7.85. The number of benzene rings is 1.